The molecule has 1 aliphatic rings. The van der Waals surface area contributed by atoms with Crippen LogP contribution in [0.5, 0.6) is 0 Å². The van der Waals surface area contributed by atoms with E-state index in [1.54, 1.807) is 0 Å². The quantitative estimate of drug-likeness (QED) is 0.793. The van der Waals surface area contributed by atoms with Gasteiger partial charge in [-0.05, 0) is 43.9 Å². The summed E-state index contributed by atoms with van der Waals surface area (Å²) in [5.41, 5.74) is 2.91. The molecule has 1 aromatic rings. The maximum absolute atomic E-state index is 3.66. The van der Waals surface area contributed by atoms with Crippen molar-refractivity contribution in [2.24, 2.45) is 0 Å². The molecule has 1 heteroatoms. The normalized spacial score (nSPS) is 17.1. The van der Waals surface area contributed by atoms with Crippen molar-refractivity contribution < 1.29 is 0 Å². The average Bonchev–Trinajstić information content (AvgIpc) is 2.74. The smallest absolute Gasteiger partial charge is 0.00671 e. The van der Waals surface area contributed by atoms with E-state index >= 15 is 0 Å². The van der Waals surface area contributed by atoms with Crippen LogP contribution in [0, 0.1) is 6.92 Å². The Balaban J connectivity index is 1.75. The fraction of sp³-hybridized carbons (Fsp3) is 0.571. The molecule has 1 nitrogen and oxygen atoms in total. The molecular formula is C14H21N. The van der Waals surface area contributed by atoms with Crippen LogP contribution in [0.1, 0.15) is 36.8 Å². The molecule has 0 atom stereocenters. The molecule has 0 amide bonds. The second-order valence-electron chi connectivity index (χ2n) is 4.61. The van der Waals surface area contributed by atoms with Crippen LogP contribution in [-0.2, 0) is 6.42 Å². The summed E-state index contributed by atoms with van der Waals surface area (Å²) in [7, 11) is 0. The van der Waals surface area contributed by atoms with Crippen molar-refractivity contribution in [3.63, 3.8) is 0 Å². The molecule has 0 unspecified atom stereocenters. The molecular weight excluding hydrogens is 182 g/mol. The number of hydrogen-bond acceptors (Lipinski definition) is 1. The zero-order valence-corrected chi connectivity index (χ0v) is 9.63. The summed E-state index contributed by atoms with van der Waals surface area (Å²) < 4.78 is 0. The molecule has 0 spiro atoms. The molecule has 0 heterocycles. The summed E-state index contributed by atoms with van der Waals surface area (Å²) in [4.78, 5) is 0. The molecule has 0 saturated heterocycles. The second-order valence-corrected chi connectivity index (χ2v) is 4.61. The van der Waals surface area contributed by atoms with Gasteiger partial charge in [0.05, 0.1) is 0 Å². The molecule has 1 N–H and O–H groups in total. The van der Waals surface area contributed by atoms with E-state index in [1.807, 2.05) is 0 Å². The van der Waals surface area contributed by atoms with Gasteiger partial charge in [-0.2, -0.15) is 0 Å². The van der Waals surface area contributed by atoms with Crippen LogP contribution < -0.4 is 5.32 Å². The van der Waals surface area contributed by atoms with E-state index in [9.17, 15) is 0 Å². The Morgan fingerprint density at radius 2 is 1.93 bits per heavy atom. The van der Waals surface area contributed by atoms with Crippen LogP contribution in [0.15, 0.2) is 24.3 Å². The van der Waals surface area contributed by atoms with Crippen LogP contribution in [0.2, 0.25) is 0 Å². The molecule has 0 radical (unpaired) electrons. The van der Waals surface area contributed by atoms with E-state index in [0.29, 0.717) is 0 Å². The first-order valence-corrected chi connectivity index (χ1v) is 6.14. The zero-order chi connectivity index (χ0) is 10.5. The van der Waals surface area contributed by atoms with E-state index in [1.165, 1.54) is 43.2 Å². The Bertz CT molecular complexity index is 300. The largest absolute Gasteiger partial charge is 0.314 e. The maximum atomic E-state index is 3.66. The number of aryl methyl sites for hydroxylation is 1. The van der Waals surface area contributed by atoms with E-state index < -0.39 is 0 Å². The number of hydrogen-bond donors (Lipinski definition) is 1. The topological polar surface area (TPSA) is 12.0 Å². The van der Waals surface area contributed by atoms with E-state index in [-0.39, 0.29) is 0 Å². The first kappa shape index (κ1) is 10.7. The lowest BCUT2D eigenvalue weighted by Gasteiger charge is -2.12. The first-order chi connectivity index (χ1) is 7.36. The van der Waals surface area contributed by atoms with Gasteiger partial charge in [0.1, 0.15) is 0 Å². The van der Waals surface area contributed by atoms with Crippen molar-refractivity contribution in [3.8, 4) is 0 Å². The molecule has 1 fully saturated rings. The Morgan fingerprint density at radius 3 is 2.67 bits per heavy atom. The highest BCUT2D eigenvalue weighted by Gasteiger charge is 2.13. The second kappa shape index (κ2) is 5.32. The summed E-state index contributed by atoms with van der Waals surface area (Å²) in [5, 5.41) is 3.66. The lowest BCUT2D eigenvalue weighted by molar-refractivity contribution is 0.527. The predicted molar refractivity (Wildman–Crippen MR) is 65.1 cm³/mol. The molecule has 0 bridgehead atoms. The Hall–Kier alpha value is -0.820. The minimum Gasteiger partial charge on any atom is -0.314 e. The average molecular weight is 203 g/mol. The molecule has 15 heavy (non-hydrogen) atoms. The fourth-order valence-corrected chi connectivity index (χ4v) is 2.43. The lowest BCUT2D eigenvalue weighted by Crippen LogP contribution is -2.28. The maximum Gasteiger partial charge on any atom is 0.00671 e. The Kier molecular flexibility index (Phi) is 3.79. The van der Waals surface area contributed by atoms with Crippen LogP contribution >= 0.6 is 0 Å². The van der Waals surface area contributed by atoms with Crippen LogP contribution in [0.3, 0.4) is 0 Å². The van der Waals surface area contributed by atoms with E-state index in [4.69, 9.17) is 0 Å². The van der Waals surface area contributed by atoms with Crippen molar-refractivity contribution >= 4 is 0 Å². The number of nitrogens with one attached hydrogen (secondary N) is 1. The third-order valence-electron chi connectivity index (χ3n) is 3.44. The van der Waals surface area contributed by atoms with Gasteiger partial charge in [-0.15, -0.1) is 0 Å². The minimum absolute atomic E-state index is 0.800. The van der Waals surface area contributed by atoms with Gasteiger partial charge in [0.15, 0.2) is 0 Å². The fourth-order valence-electron chi connectivity index (χ4n) is 2.43. The van der Waals surface area contributed by atoms with Crippen LogP contribution in [-0.4, -0.2) is 12.6 Å². The SMILES string of the molecule is Cc1ccccc1CCNC1CCCC1. The molecule has 1 aromatic carbocycles. The van der Waals surface area contributed by atoms with Gasteiger partial charge in [-0.25, -0.2) is 0 Å². The third kappa shape index (κ3) is 3.07. The monoisotopic (exact) mass is 203 g/mol. The summed E-state index contributed by atoms with van der Waals surface area (Å²) in [6.07, 6.45) is 6.77. The molecule has 2 rings (SSSR count). The predicted octanol–water partition coefficient (Wildman–Crippen LogP) is 3.07. The highest BCUT2D eigenvalue weighted by Crippen LogP contribution is 2.17. The van der Waals surface area contributed by atoms with Gasteiger partial charge in [0, 0.05) is 6.04 Å². The van der Waals surface area contributed by atoms with Crippen molar-refractivity contribution in [2.45, 2.75) is 45.1 Å². The van der Waals surface area contributed by atoms with Gasteiger partial charge < -0.3 is 5.32 Å². The number of benzene rings is 1. The van der Waals surface area contributed by atoms with Crippen molar-refractivity contribution in [3.05, 3.63) is 35.4 Å². The molecule has 0 aliphatic heterocycles. The summed E-state index contributed by atoms with van der Waals surface area (Å²) >= 11 is 0. The summed E-state index contributed by atoms with van der Waals surface area (Å²) in [5.74, 6) is 0. The lowest BCUT2D eigenvalue weighted by atomic mass is 10.1. The molecule has 1 aliphatic carbocycles. The van der Waals surface area contributed by atoms with Crippen LogP contribution in [0.25, 0.3) is 0 Å². The molecule has 0 aromatic heterocycles. The van der Waals surface area contributed by atoms with Gasteiger partial charge in [0.2, 0.25) is 0 Å². The third-order valence-corrected chi connectivity index (χ3v) is 3.44. The van der Waals surface area contributed by atoms with Crippen molar-refractivity contribution in [2.75, 3.05) is 6.54 Å². The van der Waals surface area contributed by atoms with E-state index in [2.05, 4.69) is 36.5 Å². The van der Waals surface area contributed by atoms with E-state index in [0.717, 1.165) is 12.6 Å². The van der Waals surface area contributed by atoms with Crippen LogP contribution in [0.4, 0.5) is 0 Å². The molecule has 82 valence electrons. The van der Waals surface area contributed by atoms with Crippen molar-refractivity contribution in [1.82, 2.24) is 5.32 Å². The van der Waals surface area contributed by atoms with Crippen molar-refractivity contribution in [1.29, 1.82) is 0 Å². The molecule has 1 saturated carbocycles. The van der Waals surface area contributed by atoms with Gasteiger partial charge in [-0.1, -0.05) is 37.1 Å². The van der Waals surface area contributed by atoms with Gasteiger partial charge in [-0.3, -0.25) is 0 Å². The standard InChI is InChI=1S/C14H21N/c1-12-6-2-3-7-13(12)10-11-15-14-8-4-5-9-14/h2-3,6-7,14-15H,4-5,8-11H2,1H3. The Morgan fingerprint density at radius 1 is 1.20 bits per heavy atom. The zero-order valence-electron chi connectivity index (χ0n) is 9.63. The first-order valence-electron chi connectivity index (χ1n) is 6.14. The van der Waals surface area contributed by atoms with Gasteiger partial charge in [0.25, 0.3) is 0 Å². The minimum atomic E-state index is 0.800. The Labute approximate surface area is 92.9 Å². The summed E-state index contributed by atoms with van der Waals surface area (Å²) in [6.45, 7) is 3.33. The number of rotatable bonds is 4. The highest BCUT2D eigenvalue weighted by molar-refractivity contribution is 5.25. The summed E-state index contributed by atoms with van der Waals surface area (Å²) in [6, 6.07) is 9.49. The van der Waals surface area contributed by atoms with Gasteiger partial charge >= 0.3 is 0 Å². The highest BCUT2D eigenvalue weighted by atomic mass is 14.9.